The van der Waals surface area contributed by atoms with Crippen LogP contribution in [0.25, 0.3) is 6.20 Å². The predicted octanol–water partition coefficient (Wildman–Crippen LogP) is 0.878. The van der Waals surface area contributed by atoms with Crippen LogP contribution < -0.4 is 11.2 Å². The molecule has 0 saturated carbocycles. The Hall–Kier alpha value is -1.79. The number of aryl methyl sites for hydroxylation is 1. The third-order valence-electron chi connectivity index (χ3n) is 1.57. The van der Waals surface area contributed by atoms with Crippen molar-refractivity contribution >= 4 is 6.20 Å². The highest BCUT2D eigenvalue weighted by Crippen LogP contribution is 2.15. The number of aromatic amines is 1. The number of nitrogens with one attached hydrogen (secondary N) is 1. The number of hydrogen-bond acceptors (Lipinski definition) is 2. The second-order valence-electron chi connectivity index (χ2n) is 2.84. The Balaban J connectivity index is 3.18. The van der Waals surface area contributed by atoms with Gasteiger partial charge in [-0.2, -0.15) is 13.2 Å². The first-order valence-corrected chi connectivity index (χ1v) is 3.88. The molecule has 0 fully saturated rings. The van der Waals surface area contributed by atoms with Gasteiger partial charge in [-0.1, -0.05) is 0 Å². The number of halogens is 3. The van der Waals surface area contributed by atoms with Crippen LogP contribution in [0, 0.1) is 6.92 Å². The maximum Gasteiger partial charge on any atom is 0.411 e. The third kappa shape index (κ3) is 3.12. The van der Waals surface area contributed by atoms with Gasteiger partial charge in [0.1, 0.15) is 0 Å². The minimum Gasteiger partial charge on any atom is -0.276 e. The molecule has 0 bridgehead atoms. The molecule has 0 amide bonds. The van der Waals surface area contributed by atoms with E-state index in [-0.39, 0.29) is 11.6 Å². The molecule has 1 N–H and O–H groups in total. The molecule has 0 saturated heterocycles. The van der Waals surface area contributed by atoms with Crippen molar-refractivity contribution in [1.82, 2.24) is 9.55 Å². The molecule has 0 aromatic carbocycles. The lowest BCUT2D eigenvalue weighted by molar-refractivity contribution is -0.0792. The summed E-state index contributed by atoms with van der Waals surface area (Å²) in [7, 11) is 0. The smallest absolute Gasteiger partial charge is 0.276 e. The van der Waals surface area contributed by atoms with Gasteiger partial charge in [0.25, 0.3) is 5.56 Å². The Labute approximate surface area is 81.7 Å². The van der Waals surface area contributed by atoms with Crippen LogP contribution in [0.3, 0.4) is 0 Å². The van der Waals surface area contributed by atoms with E-state index in [1.54, 1.807) is 0 Å². The second kappa shape index (κ2) is 3.76. The van der Waals surface area contributed by atoms with E-state index in [1.165, 1.54) is 6.92 Å². The summed E-state index contributed by atoms with van der Waals surface area (Å²) in [5.41, 5.74) is -1.37. The van der Waals surface area contributed by atoms with Gasteiger partial charge in [-0.25, -0.2) is 4.79 Å². The lowest BCUT2D eigenvalue weighted by Gasteiger charge is -2.00. The lowest BCUT2D eigenvalue weighted by Crippen LogP contribution is -2.28. The van der Waals surface area contributed by atoms with Crippen LogP contribution >= 0.6 is 0 Å². The zero-order valence-electron chi connectivity index (χ0n) is 7.63. The van der Waals surface area contributed by atoms with E-state index < -0.39 is 17.4 Å². The van der Waals surface area contributed by atoms with Crippen molar-refractivity contribution in [3.8, 4) is 0 Å². The highest BCUT2D eigenvalue weighted by atomic mass is 19.4. The van der Waals surface area contributed by atoms with E-state index in [2.05, 4.69) is 0 Å². The SMILES string of the molecule is Cc1cn(/C=C\C(F)(F)F)c(=O)[nH]c1=O. The first-order valence-electron chi connectivity index (χ1n) is 3.88. The molecule has 1 aromatic rings. The van der Waals surface area contributed by atoms with Crippen LogP contribution in [0.5, 0.6) is 0 Å². The van der Waals surface area contributed by atoms with Crippen LogP contribution in [0.2, 0.25) is 0 Å². The van der Waals surface area contributed by atoms with E-state index in [4.69, 9.17) is 0 Å². The van der Waals surface area contributed by atoms with Gasteiger partial charge in [-0.3, -0.25) is 14.3 Å². The van der Waals surface area contributed by atoms with Crippen molar-refractivity contribution in [1.29, 1.82) is 0 Å². The van der Waals surface area contributed by atoms with Crippen LogP contribution in [0.4, 0.5) is 13.2 Å². The topological polar surface area (TPSA) is 54.9 Å². The molecule has 0 aliphatic rings. The Morgan fingerprint density at radius 2 is 2.00 bits per heavy atom. The first kappa shape index (κ1) is 11.3. The Morgan fingerprint density at radius 3 is 2.53 bits per heavy atom. The van der Waals surface area contributed by atoms with Crippen LogP contribution in [-0.2, 0) is 0 Å². The maximum absolute atomic E-state index is 11.8. The quantitative estimate of drug-likeness (QED) is 0.763. The van der Waals surface area contributed by atoms with Gasteiger partial charge < -0.3 is 0 Å². The summed E-state index contributed by atoms with van der Waals surface area (Å²) >= 11 is 0. The number of H-pyrrole nitrogens is 1. The molecule has 1 aromatic heterocycles. The van der Waals surface area contributed by atoms with Crippen molar-refractivity contribution < 1.29 is 13.2 Å². The van der Waals surface area contributed by atoms with Crippen LogP contribution in [0.1, 0.15) is 5.56 Å². The first-order chi connectivity index (χ1) is 6.79. The van der Waals surface area contributed by atoms with Gasteiger partial charge in [0, 0.05) is 24.0 Å². The molecule has 0 spiro atoms. The zero-order chi connectivity index (χ0) is 11.6. The molecule has 0 radical (unpaired) electrons. The third-order valence-corrected chi connectivity index (χ3v) is 1.57. The minimum absolute atomic E-state index is 0.0911. The fourth-order valence-electron chi connectivity index (χ4n) is 0.862. The van der Waals surface area contributed by atoms with E-state index in [0.717, 1.165) is 6.20 Å². The number of hydrogen-bond donors (Lipinski definition) is 1. The molecular weight excluding hydrogens is 213 g/mol. The summed E-state index contributed by atoms with van der Waals surface area (Å²) in [5.74, 6) is 0. The van der Waals surface area contributed by atoms with Crippen molar-refractivity contribution in [2.24, 2.45) is 0 Å². The summed E-state index contributed by atoms with van der Waals surface area (Å²) in [5, 5.41) is 0. The summed E-state index contributed by atoms with van der Waals surface area (Å²) in [6.07, 6.45) is -3.01. The zero-order valence-corrected chi connectivity index (χ0v) is 7.63. The molecule has 7 heteroatoms. The van der Waals surface area contributed by atoms with Crippen molar-refractivity contribution in [3.63, 3.8) is 0 Å². The molecule has 1 heterocycles. The predicted molar refractivity (Wildman–Crippen MR) is 47.4 cm³/mol. The number of nitrogens with zero attached hydrogens (tertiary/aromatic N) is 1. The van der Waals surface area contributed by atoms with Gasteiger partial charge in [-0.15, -0.1) is 0 Å². The maximum atomic E-state index is 11.8. The molecule has 4 nitrogen and oxygen atoms in total. The van der Waals surface area contributed by atoms with E-state index in [9.17, 15) is 22.8 Å². The molecule has 15 heavy (non-hydrogen) atoms. The molecule has 0 aliphatic heterocycles. The van der Waals surface area contributed by atoms with Gasteiger partial charge in [-0.05, 0) is 6.92 Å². The van der Waals surface area contributed by atoms with E-state index in [1.807, 2.05) is 4.98 Å². The Bertz CT molecular complexity index is 496. The van der Waals surface area contributed by atoms with Gasteiger partial charge in [0.05, 0.1) is 0 Å². The normalized spacial score (nSPS) is 12.3. The molecule has 0 unspecified atom stereocenters. The minimum atomic E-state index is -4.50. The van der Waals surface area contributed by atoms with E-state index in [0.29, 0.717) is 10.8 Å². The molecule has 82 valence electrons. The average Bonchev–Trinajstić information content (AvgIpc) is 2.07. The van der Waals surface area contributed by atoms with Gasteiger partial charge in [0.15, 0.2) is 0 Å². The molecule has 0 aliphatic carbocycles. The number of aromatic nitrogens is 2. The molecule has 0 atom stereocenters. The van der Waals surface area contributed by atoms with Crippen LogP contribution in [0.15, 0.2) is 21.9 Å². The van der Waals surface area contributed by atoms with E-state index >= 15 is 0 Å². The van der Waals surface area contributed by atoms with Gasteiger partial charge in [0.2, 0.25) is 0 Å². The molecule has 1 rings (SSSR count). The Morgan fingerprint density at radius 1 is 1.40 bits per heavy atom. The lowest BCUT2D eigenvalue weighted by atomic mass is 10.4. The largest absolute Gasteiger partial charge is 0.411 e. The fourth-order valence-corrected chi connectivity index (χ4v) is 0.862. The molecular formula is C8H7F3N2O2. The Kier molecular flexibility index (Phi) is 2.83. The van der Waals surface area contributed by atoms with Crippen LogP contribution in [-0.4, -0.2) is 15.7 Å². The van der Waals surface area contributed by atoms with Gasteiger partial charge >= 0.3 is 11.9 Å². The summed E-state index contributed by atoms with van der Waals surface area (Å²) in [6.45, 7) is 1.39. The van der Waals surface area contributed by atoms with Crippen molar-refractivity contribution in [2.75, 3.05) is 0 Å². The number of rotatable bonds is 1. The summed E-state index contributed by atoms with van der Waals surface area (Å²) in [4.78, 5) is 23.8. The fraction of sp³-hybridized carbons (Fsp3) is 0.250. The van der Waals surface area contributed by atoms with Crippen molar-refractivity contribution in [2.45, 2.75) is 13.1 Å². The van der Waals surface area contributed by atoms with Crippen molar-refractivity contribution in [3.05, 3.63) is 38.7 Å². The highest BCUT2D eigenvalue weighted by Gasteiger charge is 2.22. The second-order valence-corrected chi connectivity index (χ2v) is 2.84. The standard InChI is InChI=1S/C8H7F3N2O2/c1-5-4-13(3-2-8(9,10)11)7(15)12-6(5)14/h2-4H,1H3,(H,12,14,15)/b3-2-. The highest BCUT2D eigenvalue weighted by molar-refractivity contribution is 5.24. The monoisotopic (exact) mass is 220 g/mol. The average molecular weight is 220 g/mol. The summed E-state index contributed by atoms with van der Waals surface area (Å²) in [6, 6.07) is 0. The summed E-state index contributed by atoms with van der Waals surface area (Å²) < 4.78 is 36.0. The number of alkyl halides is 3. The number of allylic oxidation sites excluding steroid dienone is 1.